The van der Waals surface area contributed by atoms with Gasteiger partial charge in [-0.2, -0.15) is 0 Å². The van der Waals surface area contributed by atoms with Gasteiger partial charge in [-0.3, -0.25) is 14.5 Å². The van der Waals surface area contributed by atoms with E-state index >= 15 is 0 Å². The molecule has 5 atom stereocenters. The zero-order valence-electron chi connectivity index (χ0n) is 20.8. The standard InChI is InChI=1S/C29H32N2O5/c1-4-13-31-14-12-29-21-6-7-22(30(3)26(33)10-5-19-11-15-34-17-19)28(29)36-25-9-8-24(35-18(2)32)20(27(25)29)16-23(21)31/h4-5,8-11,15,17,21-23,28H,1,6-7,12-14,16H2,2-3H3/b10-5+/t21-,22+,23+,28-,29-/m0/s1. The Morgan fingerprint density at radius 1 is 1.31 bits per heavy atom. The van der Waals surface area contributed by atoms with E-state index in [1.54, 1.807) is 24.7 Å². The lowest BCUT2D eigenvalue weighted by atomic mass is 9.51. The number of esters is 1. The van der Waals surface area contributed by atoms with E-state index in [0.717, 1.165) is 55.6 Å². The maximum absolute atomic E-state index is 13.2. The summed E-state index contributed by atoms with van der Waals surface area (Å²) in [6, 6.07) is 5.92. The molecule has 1 aromatic carbocycles. The van der Waals surface area contributed by atoms with Crippen molar-refractivity contribution in [1.82, 2.24) is 9.80 Å². The van der Waals surface area contributed by atoms with E-state index in [1.165, 1.54) is 12.5 Å². The molecule has 2 aliphatic carbocycles. The molecule has 2 bridgehead atoms. The number of hydrogen-bond donors (Lipinski definition) is 0. The number of nitrogens with zero attached hydrogens (tertiary/aromatic N) is 2. The molecule has 7 heteroatoms. The van der Waals surface area contributed by atoms with Crippen molar-refractivity contribution in [3.63, 3.8) is 0 Å². The molecule has 0 N–H and O–H groups in total. The second-order valence-corrected chi connectivity index (χ2v) is 10.5. The maximum atomic E-state index is 13.2. The van der Waals surface area contributed by atoms with E-state index in [2.05, 4.69) is 11.5 Å². The van der Waals surface area contributed by atoms with E-state index < -0.39 is 0 Å². The Bertz CT molecular complexity index is 1230. The first-order chi connectivity index (χ1) is 17.4. The molecule has 188 valence electrons. The summed E-state index contributed by atoms with van der Waals surface area (Å²) in [5.74, 6) is 1.58. The quantitative estimate of drug-likeness (QED) is 0.265. The minimum absolute atomic E-state index is 0.0483. The number of ether oxygens (including phenoxy) is 2. The fourth-order valence-electron chi connectivity index (χ4n) is 7.46. The molecule has 2 aromatic rings. The lowest BCUT2D eigenvalue weighted by molar-refractivity contribution is -0.135. The fourth-order valence-corrected chi connectivity index (χ4v) is 7.46. The van der Waals surface area contributed by atoms with Gasteiger partial charge in [0.1, 0.15) is 17.6 Å². The molecule has 1 saturated heterocycles. The van der Waals surface area contributed by atoms with Crippen LogP contribution in [0.3, 0.4) is 0 Å². The fraction of sp³-hybridized carbons (Fsp3) is 0.448. The highest BCUT2D eigenvalue weighted by Crippen LogP contribution is 2.63. The Morgan fingerprint density at radius 3 is 2.92 bits per heavy atom. The molecule has 2 aliphatic heterocycles. The summed E-state index contributed by atoms with van der Waals surface area (Å²) in [7, 11) is 1.88. The van der Waals surface area contributed by atoms with Crippen LogP contribution in [0.2, 0.25) is 0 Å². The molecule has 0 unspecified atom stereocenters. The average molecular weight is 489 g/mol. The summed E-state index contributed by atoms with van der Waals surface area (Å²) < 4.78 is 17.6. The number of likely N-dealkylation sites (N-methyl/N-ethyl adjacent to an activating group) is 1. The Hall–Kier alpha value is -3.32. The Morgan fingerprint density at radius 2 is 2.17 bits per heavy atom. The van der Waals surface area contributed by atoms with Gasteiger partial charge in [-0.1, -0.05) is 6.08 Å². The zero-order chi connectivity index (χ0) is 25.0. The summed E-state index contributed by atoms with van der Waals surface area (Å²) in [6.45, 7) is 7.22. The van der Waals surface area contributed by atoms with Gasteiger partial charge in [0.25, 0.3) is 0 Å². The van der Waals surface area contributed by atoms with Crippen LogP contribution in [0, 0.1) is 5.92 Å². The lowest BCUT2D eigenvalue weighted by Crippen LogP contribution is -2.68. The van der Waals surface area contributed by atoms with Crippen LogP contribution in [-0.2, 0) is 21.4 Å². The van der Waals surface area contributed by atoms with E-state index in [1.807, 2.05) is 36.2 Å². The van der Waals surface area contributed by atoms with Crippen LogP contribution in [-0.4, -0.2) is 60.0 Å². The number of rotatable bonds is 6. The van der Waals surface area contributed by atoms with Crippen LogP contribution in [0.15, 0.2) is 53.9 Å². The Kier molecular flexibility index (Phi) is 5.56. The van der Waals surface area contributed by atoms with Crippen molar-refractivity contribution in [2.75, 3.05) is 20.1 Å². The third kappa shape index (κ3) is 3.36. The van der Waals surface area contributed by atoms with Crippen LogP contribution >= 0.6 is 0 Å². The first-order valence-corrected chi connectivity index (χ1v) is 12.8. The molecule has 3 heterocycles. The molecule has 1 saturated carbocycles. The Balaban J connectivity index is 1.39. The van der Waals surface area contributed by atoms with Crippen LogP contribution < -0.4 is 9.47 Å². The first kappa shape index (κ1) is 23.1. The number of benzene rings is 1. The molecule has 4 aliphatic rings. The number of likely N-dealkylation sites (tertiary alicyclic amines) is 1. The zero-order valence-corrected chi connectivity index (χ0v) is 20.8. The molecule has 1 aromatic heterocycles. The average Bonchev–Trinajstić information content (AvgIpc) is 3.49. The first-order valence-electron chi connectivity index (χ1n) is 12.8. The van der Waals surface area contributed by atoms with E-state index in [0.29, 0.717) is 17.7 Å². The second kappa shape index (κ2) is 8.66. The topological polar surface area (TPSA) is 72.2 Å². The molecule has 6 rings (SSSR count). The minimum Gasteiger partial charge on any atom is -0.487 e. The molecular formula is C29H32N2O5. The highest BCUT2D eigenvalue weighted by atomic mass is 16.5. The highest BCUT2D eigenvalue weighted by molar-refractivity contribution is 5.91. The third-order valence-electron chi connectivity index (χ3n) is 8.83. The molecule has 1 spiro atoms. The molecule has 2 fully saturated rings. The SMILES string of the molecule is C=CCN1CC[C@@]23c4c5ccc(OC(C)=O)c4C[C@@H]1[C@@H]2CC[C@@H](N(C)C(=O)/C=C/c1ccoc1)[C@@H]3O5. The van der Waals surface area contributed by atoms with E-state index in [4.69, 9.17) is 13.9 Å². The minimum atomic E-state index is -0.314. The number of furan rings is 1. The highest BCUT2D eigenvalue weighted by Gasteiger charge is 2.66. The predicted molar refractivity (Wildman–Crippen MR) is 135 cm³/mol. The van der Waals surface area contributed by atoms with Crippen molar-refractivity contribution in [3.8, 4) is 11.5 Å². The number of carbonyl (C=O) groups excluding carboxylic acids is 2. The van der Waals surface area contributed by atoms with Gasteiger partial charge in [-0.05, 0) is 62.4 Å². The van der Waals surface area contributed by atoms with Crippen LogP contribution in [0.4, 0.5) is 0 Å². The maximum Gasteiger partial charge on any atom is 0.308 e. The molecule has 7 nitrogen and oxygen atoms in total. The van der Waals surface area contributed by atoms with Crippen LogP contribution in [0.5, 0.6) is 11.5 Å². The van der Waals surface area contributed by atoms with Gasteiger partial charge in [-0.15, -0.1) is 6.58 Å². The normalized spacial score (nSPS) is 29.9. The van der Waals surface area contributed by atoms with Gasteiger partial charge < -0.3 is 18.8 Å². The van der Waals surface area contributed by atoms with Crippen molar-refractivity contribution in [1.29, 1.82) is 0 Å². The van der Waals surface area contributed by atoms with Crippen LogP contribution in [0.25, 0.3) is 6.08 Å². The molecule has 0 radical (unpaired) electrons. The summed E-state index contributed by atoms with van der Waals surface area (Å²) in [5, 5.41) is 0. The molecule has 1 amide bonds. The van der Waals surface area contributed by atoms with E-state index in [9.17, 15) is 9.59 Å². The lowest BCUT2D eigenvalue weighted by Gasteiger charge is -2.60. The number of amides is 1. The van der Waals surface area contributed by atoms with Gasteiger partial charge >= 0.3 is 5.97 Å². The second-order valence-electron chi connectivity index (χ2n) is 10.5. The van der Waals surface area contributed by atoms with Gasteiger partial charge in [0.15, 0.2) is 0 Å². The summed E-state index contributed by atoms with van der Waals surface area (Å²) >= 11 is 0. The number of hydrogen-bond acceptors (Lipinski definition) is 6. The van der Waals surface area contributed by atoms with E-state index in [-0.39, 0.29) is 29.4 Å². The summed E-state index contributed by atoms with van der Waals surface area (Å²) in [4.78, 5) is 29.5. The van der Waals surface area contributed by atoms with Gasteiger partial charge in [-0.25, -0.2) is 0 Å². The van der Waals surface area contributed by atoms with Crippen molar-refractivity contribution >= 4 is 18.0 Å². The largest absolute Gasteiger partial charge is 0.487 e. The molecular weight excluding hydrogens is 456 g/mol. The van der Waals surface area contributed by atoms with Gasteiger partial charge in [0.05, 0.1) is 18.6 Å². The predicted octanol–water partition coefficient (Wildman–Crippen LogP) is 3.97. The van der Waals surface area contributed by atoms with Crippen LogP contribution in [0.1, 0.15) is 42.9 Å². The van der Waals surface area contributed by atoms with Gasteiger partial charge in [0, 0.05) is 54.7 Å². The smallest absolute Gasteiger partial charge is 0.308 e. The monoisotopic (exact) mass is 488 g/mol. The number of carbonyl (C=O) groups is 2. The van der Waals surface area contributed by atoms with Gasteiger partial charge in [0.2, 0.25) is 5.91 Å². The summed E-state index contributed by atoms with van der Waals surface area (Å²) in [6.07, 6.45) is 12.1. The summed E-state index contributed by atoms with van der Waals surface area (Å²) in [5.41, 5.74) is 2.96. The van der Waals surface area contributed by atoms with Crippen molar-refractivity contribution in [2.24, 2.45) is 5.92 Å². The van der Waals surface area contributed by atoms with Crippen molar-refractivity contribution < 1.29 is 23.5 Å². The molecule has 36 heavy (non-hydrogen) atoms. The van der Waals surface area contributed by atoms with Crippen molar-refractivity contribution in [2.45, 2.75) is 56.2 Å². The third-order valence-corrected chi connectivity index (χ3v) is 8.83. The Labute approximate surface area is 211 Å². The number of piperidine rings is 1. The van der Waals surface area contributed by atoms with Crippen molar-refractivity contribution in [3.05, 3.63) is 66.1 Å².